The molecule has 0 aliphatic rings. The first-order valence-corrected chi connectivity index (χ1v) is 9.61. The molecule has 0 saturated carbocycles. The predicted octanol–water partition coefficient (Wildman–Crippen LogP) is 2.78. The Kier molecular flexibility index (Phi) is 5.79. The molecule has 5 nitrogen and oxygen atoms in total. The first-order chi connectivity index (χ1) is 11.7. The van der Waals surface area contributed by atoms with Gasteiger partial charge in [0.25, 0.3) is 0 Å². The van der Waals surface area contributed by atoms with Gasteiger partial charge in [0.2, 0.25) is 15.9 Å². The number of halogens is 1. The second kappa shape index (κ2) is 7.65. The molecule has 1 atom stereocenters. The van der Waals surface area contributed by atoms with Crippen LogP contribution in [0, 0.1) is 12.7 Å². The molecule has 2 aromatic rings. The van der Waals surface area contributed by atoms with Crippen molar-refractivity contribution in [3.8, 4) is 0 Å². The zero-order chi connectivity index (χ0) is 18.6. The topological polar surface area (TPSA) is 66.5 Å². The molecule has 0 saturated heterocycles. The number of hydrogen-bond donors (Lipinski definition) is 1. The number of benzene rings is 2. The molecule has 2 aromatic carbocycles. The number of aryl methyl sites for hydroxylation is 1. The minimum absolute atomic E-state index is 0.326. The van der Waals surface area contributed by atoms with Crippen LogP contribution in [-0.4, -0.2) is 27.1 Å². The Morgan fingerprint density at radius 2 is 1.68 bits per heavy atom. The largest absolute Gasteiger partial charge is 0.348 e. The number of sulfonamides is 1. The van der Waals surface area contributed by atoms with E-state index in [-0.39, 0.29) is 18.4 Å². The Bertz CT molecular complexity index is 834. The summed E-state index contributed by atoms with van der Waals surface area (Å²) < 4.78 is 38.1. The minimum Gasteiger partial charge on any atom is -0.348 e. The number of anilines is 1. The summed E-state index contributed by atoms with van der Waals surface area (Å²) in [6, 6.07) is 12.3. The van der Waals surface area contributed by atoms with Gasteiger partial charge in [-0.15, -0.1) is 0 Å². The molecule has 0 spiro atoms. The third kappa shape index (κ3) is 5.29. The van der Waals surface area contributed by atoms with Gasteiger partial charge in [0.1, 0.15) is 12.4 Å². The highest BCUT2D eigenvalue weighted by Crippen LogP contribution is 2.18. The van der Waals surface area contributed by atoms with E-state index in [1.807, 2.05) is 6.92 Å². The second-order valence-corrected chi connectivity index (χ2v) is 7.85. The van der Waals surface area contributed by atoms with Crippen LogP contribution in [-0.2, 0) is 14.8 Å². The molecule has 0 heterocycles. The maximum atomic E-state index is 13.0. The lowest BCUT2D eigenvalue weighted by Crippen LogP contribution is -2.41. The van der Waals surface area contributed by atoms with Gasteiger partial charge in [-0.25, -0.2) is 12.8 Å². The number of carbonyl (C=O) groups is 1. The third-order valence-corrected chi connectivity index (χ3v) is 4.90. The molecule has 0 fully saturated rings. The summed E-state index contributed by atoms with van der Waals surface area (Å²) in [7, 11) is -3.61. The molecular weight excluding hydrogens is 343 g/mol. The smallest absolute Gasteiger partial charge is 0.241 e. The summed E-state index contributed by atoms with van der Waals surface area (Å²) in [5.74, 6) is -0.798. The van der Waals surface area contributed by atoms with E-state index in [9.17, 15) is 17.6 Å². The van der Waals surface area contributed by atoms with Crippen molar-refractivity contribution in [2.75, 3.05) is 17.1 Å². The van der Waals surface area contributed by atoms with Gasteiger partial charge in [-0.2, -0.15) is 0 Å². The first-order valence-electron chi connectivity index (χ1n) is 7.76. The van der Waals surface area contributed by atoms with Gasteiger partial charge in [-0.1, -0.05) is 29.8 Å². The van der Waals surface area contributed by atoms with Crippen LogP contribution in [0.3, 0.4) is 0 Å². The highest BCUT2D eigenvalue weighted by Gasteiger charge is 2.21. The Hall–Kier alpha value is -2.41. The second-order valence-electron chi connectivity index (χ2n) is 5.95. The van der Waals surface area contributed by atoms with Crippen molar-refractivity contribution < 1.29 is 17.6 Å². The number of rotatable bonds is 6. The average molecular weight is 364 g/mol. The fourth-order valence-corrected chi connectivity index (χ4v) is 3.22. The highest BCUT2D eigenvalue weighted by molar-refractivity contribution is 7.92. The molecule has 7 heteroatoms. The summed E-state index contributed by atoms with van der Waals surface area (Å²) in [6.45, 7) is 3.32. The van der Waals surface area contributed by atoms with Gasteiger partial charge in [-0.3, -0.25) is 9.10 Å². The monoisotopic (exact) mass is 364 g/mol. The number of nitrogens with one attached hydrogen (secondary N) is 1. The average Bonchev–Trinajstić information content (AvgIpc) is 2.53. The minimum atomic E-state index is -3.61. The zero-order valence-electron chi connectivity index (χ0n) is 14.4. The summed E-state index contributed by atoms with van der Waals surface area (Å²) in [5.41, 5.74) is 2.15. The summed E-state index contributed by atoms with van der Waals surface area (Å²) in [4.78, 5) is 12.3. The van der Waals surface area contributed by atoms with Gasteiger partial charge < -0.3 is 5.32 Å². The molecule has 0 bridgehead atoms. The fourth-order valence-electron chi connectivity index (χ4n) is 2.36. The van der Waals surface area contributed by atoms with Crippen LogP contribution >= 0.6 is 0 Å². The molecule has 0 unspecified atom stereocenters. The van der Waals surface area contributed by atoms with Crippen molar-refractivity contribution in [3.05, 3.63) is 65.5 Å². The van der Waals surface area contributed by atoms with Crippen molar-refractivity contribution in [1.82, 2.24) is 5.32 Å². The maximum Gasteiger partial charge on any atom is 0.241 e. The van der Waals surface area contributed by atoms with Crippen LogP contribution in [0.4, 0.5) is 10.1 Å². The van der Waals surface area contributed by atoms with E-state index in [2.05, 4.69) is 5.32 Å². The summed E-state index contributed by atoms with van der Waals surface area (Å²) >= 11 is 0. The molecule has 0 aliphatic heterocycles. The molecule has 0 radical (unpaired) electrons. The van der Waals surface area contributed by atoms with E-state index in [1.165, 1.54) is 12.1 Å². The lowest BCUT2D eigenvalue weighted by atomic mass is 10.1. The number of nitrogens with zero attached hydrogens (tertiary/aromatic N) is 1. The molecular formula is C18H21FN2O3S. The van der Waals surface area contributed by atoms with Gasteiger partial charge in [0.15, 0.2) is 0 Å². The van der Waals surface area contributed by atoms with Crippen LogP contribution < -0.4 is 9.62 Å². The molecule has 0 aromatic heterocycles. The van der Waals surface area contributed by atoms with Crippen molar-refractivity contribution in [1.29, 1.82) is 0 Å². The predicted molar refractivity (Wildman–Crippen MR) is 96.3 cm³/mol. The Labute approximate surface area is 147 Å². The summed E-state index contributed by atoms with van der Waals surface area (Å²) in [5, 5.41) is 2.73. The summed E-state index contributed by atoms with van der Waals surface area (Å²) in [6.07, 6.45) is 1.06. The van der Waals surface area contributed by atoms with E-state index in [0.717, 1.165) is 21.7 Å². The van der Waals surface area contributed by atoms with Gasteiger partial charge in [0.05, 0.1) is 18.0 Å². The lowest BCUT2D eigenvalue weighted by Gasteiger charge is -2.23. The molecule has 25 heavy (non-hydrogen) atoms. The molecule has 1 N–H and O–H groups in total. The Balaban J connectivity index is 2.12. The van der Waals surface area contributed by atoms with E-state index in [4.69, 9.17) is 0 Å². The SMILES string of the molecule is Cc1ccc(N(CC(=O)N[C@@H](C)c2ccc(F)cc2)S(C)(=O)=O)cc1. The number of carbonyl (C=O) groups excluding carboxylic acids is 1. The fraction of sp³-hybridized carbons (Fsp3) is 0.278. The van der Waals surface area contributed by atoms with Crippen molar-refractivity contribution in [2.45, 2.75) is 19.9 Å². The number of hydrogen-bond acceptors (Lipinski definition) is 3. The Morgan fingerprint density at radius 3 is 2.20 bits per heavy atom. The van der Waals surface area contributed by atoms with Crippen LogP contribution in [0.2, 0.25) is 0 Å². The van der Waals surface area contributed by atoms with E-state index < -0.39 is 15.9 Å². The van der Waals surface area contributed by atoms with Gasteiger partial charge in [0, 0.05) is 0 Å². The lowest BCUT2D eigenvalue weighted by molar-refractivity contribution is -0.120. The van der Waals surface area contributed by atoms with Crippen LogP contribution in [0.5, 0.6) is 0 Å². The van der Waals surface area contributed by atoms with Crippen LogP contribution in [0.15, 0.2) is 48.5 Å². The Morgan fingerprint density at radius 1 is 1.12 bits per heavy atom. The normalized spacial score (nSPS) is 12.5. The van der Waals surface area contributed by atoms with E-state index in [1.54, 1.807) is 43.3 Å². The standard InChI is InChI=1S/C18H21FN2O3S/c1-13-4-10-17(11-5-13)21(25(3,23)24)12-18(22)20-14(2)15-6-8-16(19)9-7-15/h4-11,14H,12H2,1-3H3,(H,20,22)/t14-/m0/s1. The molecule has 0 aliphatic carbocycles. The first kappa shape index (κ1) is 18.9. The highest BCUT2D eigenvalue weighted by atomic mass is 32.2. The quantitative estimate of drug-likeness (QED) is 0.857. The maximum absolute atomic E-state index is 13.0. The number of amides is 1. The van der Waals surface area contributed by atoms with Crippen molar-refractivity contribution in [2.24, 2.45) is 0 Å². The van der Waals surface area contributed by atoms with Crippen LogP contribution in [0.1, 0.15) is 24.1 Å². The van der Waals surface area contributed by atoms with E-state index >= 15 is 0 Å². The van der Waals surface area contributed by atoms with Gasteiger partial charge >= 0.3 is 0 Å². The van der Waals surface area contributed by atoms with Crippen molar-refractivity contribution in [3.63, 3.8) is 0 Å². The molecule has 2 rings (SSSR count). The molecule has 134 valence electrons. The molecule has 1 amide bonds. The van der Waals surface area contributed by atoms with Crippen molar-refractivity contribution >= 4 is 21.6 Å². The van der Waals surface area contributed by atoms with Crippen LogP contribution in [0.25, 0.3) is 0 Å². The third-order valence-electron chi connectivity index (χ3n) is 3.76. The van der Waals surface area contributed by atoms with E-state index in [0.29, 0.717) is 5.69 Å². The zero-order valence-corrected chi connectivity index (χ0v) is 15.2. The van der Waals surface area contributed by atoms with Gasteiger partial charge in [-0.05, 0) is 43.7 Å².